The number of benzene rings is 1. The second-order valence-electron chi connectivity index (χ2n) is 7.46. The Kier molecular flexibility index (Phi) is 5.97. The zero-order chi connectivity index (χ0) is 17.7. The molecule has 138 valence electrons. The predicted octanol–water partition coefficient (Wildman–Crippen LogP) is 2.13. The van der Waals surface area contributed by atoms with Crippen LogP contribution in [0.2, 0.25) is 0 Å². The molecule has 5 heteroatoms. The molecule has 1 N–H and O–H groups in total. The van der Waals surface area contributed by atoms with E-state index < -0.39 is 0 Å². The molecule has 5 nitrogen and oxygen atoms in total. The standard InChI is InChI=1S/C20H31N3O2/c1-22(19(24)20(16-25-2)10-12-21-13-11-20)18-9-6-14-23(15-18)17-7-4-3-5-8-17/h3-5,7-8,18,21H,6,9-16H2,1-2H3. The Hall–Kier alpha value is -1.59. The van der Waals surface area contributed by atoms with Crippen molar-refractivity contribution in [2.24, 2.45) is 5.41 Å². The van der Waals surface area contributed by atoms with Crippen LogP contribution < -0.4 is 10.2 Å². The molecule has 0 saturated carbocycles. The quantitative estimate of drug-likeness (QED) is 0.888. The highest BCUT2D eigenvalue weighted by molar-refractivity contribution is 5.83. The second-order valence-corrected chi connectivity index (χ2v) is 7.46. The molecule has 0 aliphatic carbocycles. The van der Waals surface area contributed by atoms with Crippen LogP contribution in [0.1, 0.15) is 25.7 Å². The van der Waals surface area contributed by atoms with E-state index in [0.717, 1.165) is 51.9 Å². The number of anilines is 1. The van der Waals surface area contributed by atoms with E-state index >= 15 is 0 Å². The van der Waals surface area contributed by atoms with Crippen LogP contribution >= 0.6 is 0 Å². The molecular formula is C20H31N3O2. The number of likely N-dealkylation sites (N-methyl/N-ethyl adjacent to an activating group) is 1. The molecule has 0 aromatic heterocycles. The van der Waals surface area contributed by atoms with Crippen LogP contribution in [0.15, 0.2) is 30.3 Å². The van der Waals surface area contributed by atoms with Gasteiger partial charge in [0.2, 0.25) is 5.91 Å². The SMILES string of the molecule is COCC1(C(=O)N(C)C2CCCN(c3ccccc3)C2)CCNCC1. The number of carbonyl (C=O) groups is 1. The number of hydrogen-bond donors (Lipinski definition) is 1. The predicted molar refractivity (Wildman–Crippen MR) is 101 cm³/mol. The van der Waals surface area contributed by atoms with Gasteiger partial charge in [-0.3, -0.25) is 4.79 Å². The molecule has 0 bridgehead atoms. The first-order chi connectivity index (χ1) is 12.2. The first kappa shape index (κ1) is 18.2. The van der Waals surface area contributed by atoms with E-state index in [9.17, 15) is 4.79 Å². The molecule has 1 aromatic carbocycles. The number of carbonyl (C=O) groups excluding carboxylic acids is 1. The van der Waals surface area contributed by atoms with Crippen LogP contribution in [0, 0.1) is 5.41 Å². The smallest absolute Gasteiger partial charge is 0.231 e. The maximum absolute atomic E-state index is 13.4. The maximum Gasteiger partial charge on any atom is 0.231 e. The van der Waals surface area contributed by atoms with Crippen LogP contribution in [0.5, 0.6) is 0 Å². The molecule has 0 radical (unpaired) electrons. The molecule has 2 aliphatic heterocycles. The van der Waals surface area contributed by atoms with Crippen molar-refractivity contribution in [3.05, 3.63) is 30.3 Å². The third-order valence-corrected chi connectivity index (χ3v) is 5.82. The van der Waals surface area contributed by atoms with Crippen molar-refractivity contribution in [2.45, 2.75) is 31.7 Å². The Labute approximate surface area is 151 Å². The summed E-state index contributed by atoms with van der Waals surface area (Å²) in [6.45, 7) is 4.28. The first-order valence-corrected chi connectivity index (χ1v) is 9.43. The Balaban J connectivity index is 1.70. The van der Waals surface area contributed by atoms with E-state index in [-0.39, 0.29) is 17.4 Å². The van der Waals surface area contributed by atoms with Crippen LogP contribution in [0.4, 0.5) is 5.69 Å². The number of rotatable bonds is 5. The first-order valence-electron chi connectivity index (χ1n) is 9.43. The van der Waals surface area contributed by atoms with Gasteiger partial charge in [-0.25, -0.2) is 0 Å². The molecule has 1 atom stereocenters. The third kappa shape index (κ3) is 3.98. The Morgan fingerprint density at radius 3 is 2.72 bits per heavy atom. The minimum Gasteiger partial charge on any atom is -0.384 e. The number of para-hydroxylation sites is 1. The summed E-state index contributed by atoms with van der Waals surface area (Å²) in [4.78, 5) is 17.8. The molecule has 0 spiro atoms. The monoisotopic (exact) mass is 345 g/mol. The van der Waals surface area contributed by atoms with Crippen molar-refractivity contribution in [1.82, 2.24) is 10.2 Å². The number of nitrogens with zero attached hydrogens (tertiary/aromatic N) is 2. The molecular weight excluding hydrogens is 314 g/mol. The van der Waals surface area contributed by atoms with Gasteiger partial charge < -0.3 is 19.9 Å². The van der Waals surface area contributed by atoms with E-state index in [0.29, 0.717) is 6.61 Å². The number of piperidine rings is 2. The number of ether oxygens (including phenoxy) is 1. The largest absolute Gasteiger partial charge is 0.384 e. The second kappa shape index (κ2) is 8.19. The molecule has 2 fully saturated rings. The summed E-state index contributed by atoms with van der Waals surface area (Å²) in [5.41, 5.74) is 0.894. The van der Waals surface area contributed by atoms with Crippen LogP contribution in [0.3, 0.4) is 0 Å². The number of nitrogens with one attached hydrogen (secondary N) is 1. The average molecular weight is 345 g/mol. The summed E-state index contributed by atoms with van der Waals surface area (Å²) in [7, 11) is 3.69. The van der Waals surface area contributed by atoms with Gasteiger partial charge in [0, 0.05) is 39.0 Å². The molecule has 25 heavy (non-hydrogen) atoms. The highest BCUT2D eigenvalue weighted by Crippen LogP contribution is 2.33. The van der Waals surface area contributed by atoms with E-state index in [4.69, 9.17) is 4.74 Å². The highest BCUT2D eigenvalue weighted by Gasteiger charge is 2.43. The van der Waals surface area contributed by atoms with Gasteiger partial charge in [-0.15, -0.1) is 0 Å². The highest BCUT2D eigenvalue weighted by atomic mass is 16.5. The Bertz CT molecular complexity index is 552. The number of hydrogen-bond acceptors (Lipinski definition) is 4. The van der Waals surface area contributed by atoms with Gasteiger partial charge >= 0.3 is 0 Å². The number of amides is 1. The zero-order valence-electron chi connectivity index (χ0n) is 15.5. The molecule has 3 rings (SSSR count). The molecule has 1 unspecified atom stereocenters. The summed E-state index contributed by atoms with van der Waals surface area (Å²) in [6, 6.07) is 10.8. The van der Waals surface area contributed by atoms with Crippen molar-refractivity contribution in [3.8, 4) is 0 Å². The van der Waals surface area contributed by atoms with Gasteiger partial charge in [-0.2, -0.15) is 0 Å². The van der Waals surface area contributed by atoms with E-state index in [1.807, 2.05) is 18.0 Å². The number of methoxy groups -OCH3 is 1. The lowest BCUT2D eigenvalue weighted by atomic mass is 9.78. The normalized spacial score (nSPS) is 23.3. The van der Waals surface area contributed by atoms with Crippen molar-refractivity contribution >= 4 is 11.6 Å². The van der Waals surface area contributed by atoms with Crippen LogP contribution in [-0.4, -0.2) is 63.8 Å². The molecule has 1 amide bonds. The van der Waals surface area contributed by atoms with Crippen molar-refractivity contribution in [2.75, 3.05) is 51.8 Å². The lowest BCUT2D eigenvalue weighted by molar-refractivity contribution is -0.148. The minimum atomic E-state index is -0.357. The fourth-order valence-electron chi connectivity index (χ4n) is 4.29. The van der Waals surface area contributed by atoms with Crippen LogP contribution in [0.25, 0.3) is 0 Å². The summed E-state index contributed by atoms with van der Waals surface area (Å²) in [6.07, 6.45) is 3.92. The fraction of sp³-hybridized carbons (Fsp3) is 0.650. The van der Waals surface area contributed by atoms with Gasteiger partial charge in [-0.1, -0.05) is 18.2 Å². The van der Waals surface area contributed by atoms with Crippen molar-refractivity contribution < 1.29 is 9.53 Å². The van der Waals surface area contributed by atoms with Gasteiger partial charge in [0.25, 0.3) is 0 Å². The van der Waals surface area contributed by atoms with Gasteiger partial charge in [-0.05, 0) is 50.9 Å². The average Bonchev–Trinajstić information content (AvgIpc) is 2.68. The fourth-order valence-corrected chi connectivity index (χ4v) is 4.29. The van der Waals surface area contributed by atoms with Crippen LogP contribution in [-0.2, 0) is 9.53 Å². The molecule has 1 aromatic rings. The van der Waals surface area contributed by atoms with Gasteiger partial charge in [0.1, 0.15) is 0 Å². The summed E-state index contributed by atoms with van der Waals surface area (Å²) >= 11 is 0. The third-order valence-electron chi connectivity index (χ3n) is 5.82. The van der Waals surface area contributed by atoms with Crippen molar-refractivity contribution in [3.63, 3.8) is 0 Å². The van der Waals surface area contributed by atoms with E-state index in [1.165, 1.54) is 5.69 Å². The zero-order valence-corrected chi connectivity index (χ0v) is 15.5. The summed E-state index contributed by atoms with van der Waals surface area (Å²) in [5.74, 6) is 0.260. The van der Waals surface area contributed by atoms with Crippen molar-refractivity contribution in [1.29, 1.82) is 0 Å². The van der Waals surface area contributed by atoms with E-state index in [1.54, 1.807) is 7.11 Å². The summed E-state index contributed by atoms with van der Waals surface area (Å²) in [5, 5.41) is 3.37. The lowest BCUT2D eigenvalue weighted by Crippen LogP contribution is -2.56. The Morgan fingerprint density at radius 2 is 2.04 bits per heavy atom. The summed E-state index contributed by atoms with van der Waals surface area (Å²) < 4.78 is 5.45. The molecule has 2 heterocycles. The van der Waals surface area contributed by atoms with E-state index in [2.05, 4.69) is 34.5 Å². The Morgan fingerprint density at radius 1 is 1.32 bits per heavy atom. The molecule has 2 saturated heterocycles. The van der Waals surface area contributed by atoms with Gasteiger partial charge in [0.05, 0.1) is 12.0 Å². The molecule has 2 aliphatic rings. The minimum absolute atomic E-state index is 0.260. The lowest BCUT2D eigenvalue weighted by Gasteiger charge is -2.44. The van der Waals surface area contributed by atoms with Gasteiger partial charge in [0.15, 0.2) is 0 Å². The maximum atomic E-state index is 13.4. The topological polar surface area (TPSA) is 44.8 Å².